The van der Waals surface area contributed by atoms with Crippen molar-refractivity contribution in [2.45, 2.75) is 25.3 Å². The number of benzene rings is 1. The molecule has 0 amide bonds. The van der Waals surface area contributed by atoms with E-state index in [4.69, 9.17) is 11.5 Å². The lowest BCUT2D eigenvalue weighted by atomic mass is 10.0. The van der Waals surface area contributed by atoms with Crippen LogP contribution in [0, 0.1) is 0 Å². The standard InChI is InChI=1S/C13H19N3.ClH/c14-7-2-1-3-12(15)11-5-4-10-6-8-16-13(10)9-11;/h4-6,8-9,12,16H,1-3,7,14-15H2;1H/t12-;/m1./s1. The van der Waals surface area contributed by atoms with E-state index in [2.05, 4.69) is 29.2 Å². The number of aromatic nitrogens is 1. The van der Waals surface area contributed by atoms with Gasteiger partial charge in [-0.2, -0.15) is 0 Å². The van der Waals surface area contributed by atoms with Crippen molar-refractivity contribution in [2.75, 3.05) is 6.54 Å². The Balaban J connectivity index is 0.00000144. The smallest absolute Gasteiger partial charge is 0.0457 e. The van der Waals surface area contributed by atoms with Crippen LogP contribution in [0.4, 0.5) is 0 Å². The quantitative estimate of drug-likeness (QED) is 0.718. The number of hydrogen-bond donors (Lipinski definition) is 3. The van der Waals surface area contributed by atoms with Crippen molar-refractivity contribution in [3.63, 3.8) is 0 Å². The first-order valence-electron chi connectivity index (χ1n) is 5.84. The van der Waals surface area contributed by atoms with E-state index in [0.29, 0.717) is 0 Å². The van der Waals surface area contributed by atoms with Crippen molar-refractivity contribution in [3.8, 4) is 0 Å². The van der Waals surface area contributed by atoms with Crippen molar-refractivity contribution in [1.29, 1.82) is 0 Å². The van der Waals surface area contributed by atoms with Crippen LogP contribution in [0.3, 0.4) is 0 Å². The van der Waals surface area contributed by atoms with Gasteiger partial charge in [0.2, 0.25) is 0 Å². The Kier molecular flexibility index (Phi) is 5.48. The monoisotopic (exact) mass is 253 g/mol. The fourth-order valence-corrected chi connectivity index (χ4v) is 1.97. The van der Waals surface area contributed by atoms with E-state index < -0.39 is 0 Å². The van der Waals surface area contributed by atoms with Crippen LogP contribution < -0.4 is 11.5 Å². The van der Waals surface area contributed by atoms with Gasteiger partial charge in [0.05, 0.1) is 0 Å². The highest BCUT2D eigenvalue weighted by atomic mass is 35.5. The van der Waals surface area contributed by atoms with E-state index in [1.165, 1.54) is 10.9 Å². The molecule has 3 nitrogen and oxygen atoms in total. The first-order chi connectivity index (χ1) is 7.81. The average molecular weight is 254 g/mol. The fourth-order valence-electron chi connectivity index (χ4n) is 1.97. The van der Waals surface area contributed by atoms with Crippen LogP contribution >= 0.6 is 12.4 Å². The van der Waals surface area contributed by atoms with Gasteiger partial charge >= 0.3 is 0 Å². The zero-order valence-electron chi connectivity index (χ0n) is 9.86. The van der Waals surface area contributed by atoms with Crippen LogP contribution in [0.15, 0.2) is 30.5 Å². The molecule has 0 bridgehead atoms. The van der Waals surface area contributed by atoms with E-state index in [0.717, 1.165) is 31.3 Å². The van der Waals surface area contributed by atoms with Crippen LogP contribution in [-0.2, 0) is 0 Å². The molecule has 0 saturated heterocycles. The van der Waals surface area contributed by atoms with Crippen LogP contribution in [0.2, 0.25) is 0 Å². The van der Waals surface area contributed by atoms with Gasteiger partial charge < -0.3 is 16.5 Å². The predicted molar refractivity (Wildman–Crippen MR) is 75.4 cm³/mol. The summed E-state index contributed by atoms with van der Waals surface area (Å²) in [6.07, 6.45) is 5.11. The average Bonchev–Trinajstić information content (AvgIpc) is 2.76. The van der Waals surface area contributed by atoms with Crippen LogP contribution in [0.1, 0.15) is 30.9 Å². The van der Waals surface area contributed by atoms with E-state index >= 15 is 0 Å². The van der Waals surface area contributed by atoms with Gasteiger partial charge in [0, 0.05) is 17.8 Å². The summed E-state index contributed by atoms with van der Waals surface area (Å²) in [6.45, 7) is 0.752. The molecule has 0 aliphatic heterocycles. The minimum atomic E-state index is 0. The Labute approximate surface area is 108 Å². The maximum Gasteiger partial charge on any atom is 0.0457 e. The molecular weight excluding hydrogens is 234 g/mol. The molecule has 4 heteroatoms. The summed E-state index contributed by atoms with van der Waals surface area (Å²) in [5.74, 6) is 0. The number of fused-ring (bicyclic) bond motifs is 1. The third-order valence-corrected chi connectivity index (χ3v) is 2.98. The van der Waals surface area contributed by atoms with Crippen LogP contribution in [-0.4, -0.2) is 11.5 Å². The highest BCUT2D eigenvalue weighted by molar-refractivity contribution is 5.85. The molecule has 0 radical (unpaired) electrons. The van der Waals surface area contributed by atoms with E-state index in [1.807, 2.05) is 6.20 Å². The van der Waals surface area contributed by atoms with E-state index in [-0.39, 0.29) is 18.4 Å². The van der Waals surface area contributed by atoms with Crippen molar-refractivity contribution in [3.05, 3.63) is 36.0 Å². The second-order valence-corrected chi connectivity index (χ2v) is 4.22. The first-order valence-corrected chi connectivity index (χ1v) is 5.84. The van der Waals surface area contributed by atoms with E-state index in [1.54, 1.807) is 0 Å². The maximum absolute atomic E-state index is 6.14. The summed E-state index contributed by atoms with van der Waals surface area (Å²) >= 11 is 0. The second kappa shape index (κ2) is 6.64. The number of aromatic amines is 1. The number of rotatable bonds is 5. The van der Waals surface area contributed by atoms with Crippen molar-refractivity contribution < 1.29 is 0 Å². The molecule has 5 N–H and O–H groups in total. The van der Waals surface area contributed by atoms with Crippen molar-refractivity contribution in [2.24, 2.45) is 11.5 Å². The summed E-state index contributed by atoms with van der Waals surface area (Å²) in [6, 6.07) is 8.56. The Morgan fingerprint density at radius 2 is 2.00 bits per heavy atom. The molecule has 1 atom stereocenters. The molecular formula is C13H20ClN3. The van der Waals surface area contributed by atoms with Gasteiger partial charge in [-0.3, -0.25) is 0 Å². The molecule has 0 fully saturated rings. The molecule has 1 aromatic carbocycles. The number of halogens is 1. The van der Waals surface area contributed by atoms with Gasteiger partial charge in [-0.15, -0.1) is 12.4 Å². The number of hydrogen-bond acceptors (Lipinski definition) is 2. The molecule has 0 aliphatic carbocycles. The van der Waals surface area contributed by atoms with E-state index in [9.17, 15) is 0 Å². The molecule has 0 unspecified atom stereocenters. The Morgan fingerprint density at radius 1 is 1.18 bits per heavy atom. The second-order valence-electron chi connectivity index (χ2n) is 4.22. The highest BCUT2D eigenvalue weighted by Crippen LogP contribution is 2.21. The molecule has 1 heterocycles. The fraction of sp³-hybridized carbons (Fsp3) is 0.385. The van der Waals surface area contributed by atoms with Gasteiger partial charge in [0.1, 0.15) is 0 Å². The number of unbranched alkanes of at least 4 members (excludes halogenated alkanes) is 1. The topological polar surface area (TPSA) is 67.8 Å². The molecule has 17 heavy (non-hydrogen) atoms. The number of H-pyrrole nitrogens is 1. The summed E-state index contributed by atoms with van der Waals surface area (Å²) < 4.78 is 0. The van der Waals surface area contributed by atoms with Crippen LogP contribution in [0.5, 0.6) is 0 Å². The maximum atomic E-state index is 6.14. The first kappa shape index (κ1) is 14.0. The lowest BCUT2D eigenvalue weighted by molar-refractivity contribution is 0.591. The predicted octanol–water partition coefficient (Wildman–Crippen LogP) is 2.72. The summed E-state index contributed by atoms with van der Waals surface area (Å²) in [4.78, 5) is 3.21. The molecule has 2 aromatic rings. The third-order valence-electron chi connectivity index (χ3n) is 2.98. The molecule has 0 saturated carbocycles. The van der Waals surface area contributed by atoms with Gasteiger partial charge in [-0.1, -0.05) is 18.6 Å². The molecule has 1 aromatic heterocycles. The summed E-state index contributed by atoms with van der Waals surface area (Å²) in [7, 11) is 0. The summed E-state index contributed by atoms with van der Waals surface area (Å²) in [5.41, 5.74) is 14.0. The Hall–Kier alpha value is -1.03. The van der Waals surface area contributed by atoms with Gasteiger partial charge in [0.15, 0.2) is 0 Å². The largest absolute Gasteiger partial charge is 0.361 e. The zero-order valence-corrected chi connectivity index (χ0v) is 10.7. The Bertz CT molecular complexity index is 453. The molecule has 0 aliphatic rings. The zero-order chi connectivity index (χ0) is 11.4. The minimum Gasteiger partial charge on any atom is -0.361 e. The highest BCUT2D eigenvalue weighted by Gasteiger charge is 2.06. The van der Waals surface area contributed by atoms with Gasteiger partial charge in [-0.25, -0.2) is 0 Å². The number of nitrogens with one attached hydrogen (secondary N) is 1. The van der Waals surface area contributed by atoms with Crippen molar-refractivity contribution >= 4 is 23.3 Å². The minimum absolute atomic E-state index is 0. The van der Waals surface area contributed by atoms with Crippen molar-refractivity contribution in [1.82, 2.24) is 4.98 Å². The number of nitrogens with two attached hydrogens (primary N) is 2. The molecule has 94 valence electrons. The molecule has 0 spiro atoms. The van der Waals surface area contributed by atoms with Gasteiger partial charge in [-0.05, 0) is 42.5 Å². The lowest BCUT2D eigenvalue weighted by Gasteiger charge is -2.11. The Morgan fingerprint density at radius 3 is 2.76 bits per heavy atom. The SMILES string of the molecule is Cl.NCCCC[C@@H](N)c1ccc2cc[nH]c2c1. The van der Waals surface area contributed by atoms with Crippen LogP contribution in [0.25, 0.3) is 10.9 Å². The molecule has 2 rings (SSSR count). The summed E-state index contributed by atoms with van der Waals surface area (Å²) in [5, 5.41) is 1.23. The lowest BCUT2D eigenvalue weighted by Crippen LogP contribution is -2.11. The normalized spacial score (nSPS) is 12.4. The third kappa shape index (κ3) is 3.46. The van der Waals surface area contributed by atoms with Gasteiger partial charge in [0.25, 0.3) is 0 Å².